The first kappa shape index (κ1) is 25.1. The third-order valence-corrected chi connectivity index (χ3v) is 5.08. The van der Waals surface area contributed by atoms with Crippen LogP contribution in [0, 0.1) is 11.8 Å². The normalized spacial score (nSPS) is 14.1. The zero-order valence-electron chi connectivity index (χ0n) is 17.7. The molecular weight excluding hydrogens is 374 g/mol. The van der Waals surface area contributed by atoms with Gasteiger partial charge in [0.1, 0.15) is 5.75 Å². The van der Waals surface area contributed by atoms with E-state index in [2.05, 4.69) is 5.32 Å². The van der Waals surface area contributed by atoms with Gasteiger partial charge in [0.15, 0.2) is 12.6 Å². The van der Waals surface area contributed by atoms with Crippen LogP contribution in [0.1, 0.15) is 45.1 Å². The molecule has 0 aliphatic carbocycles. The fourth-order valence-corrected chi connectivity index (χ4v) is 3.37. The Labute approximate surface area is 173 Å². The van der Waals surface area contributed by atoms with Gasteiger partial charge in [-0.3, -0.25) is 9.59 Å². The van der Waals surface area contributed by atoms with Crippen molar-refractivity contribution in [1.29, 1.82) is 0 Å². The highest BCUT2D eigenvalue weighted by Gasteiger charge is 2.30. The number of aliphatic hydroxyl groups excluding tert-OH is 2. The molecule has 0 saturated carbocycles. The molecule has 0 aliphatic rings. The summed E-state index contributed by atoms with van der Waals surface area (Å²) < 4.78 is 10.2. The van der Waals surface area contributed by atoms with E-state index < -0.39 is 6.04 Å². The lowest BCUT2D eigenvalue weighted by Crippen LogP contribution is -2.46. The number of methoxy groups -OCH3 is 1. The summed E-state index contributed by atoms with van der Waals surface area (Å²) in [6.45, 7) is 3.50. The van der Waals surface area contributed by atoms with Crippen molar-refractivity contribution < 1.29 is 29.3 Å². The summed E-state index contributed by atoms with van der Waals surface area (Å²) in [6, 6.07) is 6.79. The molecule has 1 rings (SSSR count). The van der Waals surface area contributed by atoms with E-state index in [1.54, 1.807) is 7.11 Å². The van der Waals surface area contributed by atoms with Crippen LogP contribution in [0.3, 0.4) is 0 Å². The second-order valence-electron chi connectivity index (χ2n) is 7.30. The number of aliphatic hydroxyl groups is 2. The number of amides is 1. The van der Waals surface area contributed by atoms with Crippen LogP contribution in [0.2, 0.25) is 0 Å². The van der Waals surface area contributed by atoms with E-state index in [0.717, 1.165) is 12.0 Å². The van der Waals surface area contributed by atoms with E-state index in [1.807, 2.05) is 31.2 Å². The average molecular weight is 410 g/mol. The third-order valence-electron chi connectivity index (χ3n) is 5.08. The van der Waals surface area contributed by atoms with Crippen LogP contribution < -0.4 is 10.1 Å². The molecule has 29 heavy (non-hydrogen) atoms. The van der Waals surface area contributed by atoms with Crippen LogP contribution in [0.4, 0.5) is 0 Å². The second kappa shape index (κ2) is 14.1. The largest absolute Gasteiger partial charge is 0.468 e. The first-order valence-corrected chi connectivity index (χ1v) is 10.2. The predicted octanol–water partition coefficient (Wildman–Crippen LogP) is 2.08. The summed E-state index contributed by atoms with van der Waals surface area (Å²) in [5.74, 6) is 0.179. The molecule has 0 heterocycles. The molecule has 1 aromatic rings. The fourth-order valence-electron chi connectivity index (χ4n) is 3.37. The number of hydrogen-bond donors (Lipinski definition) is 3. The van der Waals surface area contributed by atoms with Crippen molar-refractivity contribution in [3.05, 3.63) is 29.8 Å². The van der Waals surface area contributed by atoms with Gasteiger partial charge in [-0.1, -0.05) is 25.5 Å². The van der Waals surface area contributed by atoms with Crippen molar-refractivity contribution >= 4 is 11.7 Å². The Morgan fingerprint density at radius 2 is 1.86 bits per heavy atom. The van der Waals surface area contributed by atoms with Crippen molar-refractivity contribution in [2.75, 3.05) is 27.1 Å². The first-order chi connectivity index (χ1) is 13.9. The van der Waals surface area contributed by atoms with Crippen molar-refractivity contribution in [2.24, 2.45) is 11.8 Å². The van der Waals surface area contributed by atoms with E-state index in [1.165, 1.54) is 6.92 Å². The molecule has 0 spiro atoms. The van der Waals surface area contributed by atoms with Gasteiger partial charge in [-0.2, -0.15) is 0 Å². The van der Waals surface area contributed by atoms with Gasteiger partial charge >= 0.3 is 0 Å². The minimum absolute atomic E-state index is 0.0247. The Balaban J connectivity index is 2.79. The van der Waals surface area contributed by atoms with E-state index in [0.29, 0.717) is 25.0 Å². The number of rotatable bonds is 15. The molecule has 1 amide bonds. The van der Waals surface area contributed by atoms with Gasteiger partial charge < -0.3 is 25.0 Å². The maximum absolute atomic E-state index is 12.9. The van der Waals surface area contributed by atoms with E-state index in [-0.39, 0.29) is 50.0 Å². The number of benzene rings is 1. The Bertz CT molecular complexity index is 600. The third kappa shape index (κ3) is 9.39. The van der Waals surface area contributed by atoms with Gasteiger partial charge in [-0.05, 0) is 48.8 Å². The van der Waals surface area contributed by atoms with Gasteiger partial charge in [0, 0.05) is 33.7 Å². The van der Waals surface area contributed by atoms with Crippen LogP contribution >= 0.6 is 0 Å². The summed E-state index contributed by atoms with van der Waals surface area (Å²) >= 11 is 0. The van der Waals surface area contributed by atoms with E-state index in [4.69, 9.17) is 9.47 Å². The molecule has 7 heteroatoms. The van der Waals surface area contributed by atoms with E-state index in [9.17, 15) is 19.8 Å². The van der Waals surface area contributed by atoms with Gasteiger partial charge in [-0.25, -0.2) is 0 Å². The topological polar surface area (TPSA) is 105 Å². The number of aryl methyl sites for hydroxylation is 1. The zero-order valence-corrected chi connectivity index (χ0v) is 17.7. The molecule has 3 unspecified atom stereocenters. The highest BCUT2D eigenvalue weighted by molar-refractivity contribution is 5.88. The fraction of sp³-hybridized carbons (Fsp3) is 0.636. The molecule has 0 bridgehead atoms. The summed E-state index contributed by atoms with van der Waals surface area (Å²) in [6.07, 6.45) is 2.58. The molecule has 3 N–H and O–H groups in total. The van der Waals surface area contributed by atoms with Gasteiger partial charge in [0.2, 0.25) is 5.91 Å². The summed E-state index contributed by atoms with van der Waals surface area (Å²) in [5.41, 5.74) is 0.991. The lowest BCUT2D eigenvalue weighted by Gasteiger charge is -2.29. The van der Waals surface area contributed by atoms with Crippen LogP contribution in [0.15, 0.2) is 24.3 Å². The maximum Gasteiger partial charge on any atom is 0.217 e. The maximum atomic E-state index is 12.9. The van der Waals surface area contributed by atoms with Crippen molar-refractivity contribution in [3.63, 3.8) is 0 Å². The van der Waals surface area contributed by atoms with Crippen molar-refractivity contribution in [3.8, 4) is 5.75 Å². The molecule has 7 nitrogen and oxygen atoms in total. The average Bonchev–Trinajstić information content (AvgIpc) is 2.72. The number of carbonyl (C=O) groups excluding carboxylic acids is 2. The number of nitrogens with one attached hydrogen (secondary N) is 1. The Hall–Kier alpha value is -1.96. The molecule has 0 saturated heterocycles. The highest BCUT2D eigenvalue weighted by Crippen LogP contribution is 2.24. The zero-order chi connectivity index (χ0) is 21.6. The Morgan fingerprint density at radius 3 is 2.38 bits per heavy atom. The van der Waals surface area contributed by atoms with Crippen LogP contribution in [-0.4, -0.2) is 55.1 Å². The first-order valence-electron chi connectivity index (χ1n) is 10.2. The molecule has 0 aromatic heterocycles. The molecule has 0 aliphatic heterocycles. The number of carbonyl (C=O) groups is 2. The molecule has 0 radical (unpaired) electrons. The highest BCUT2D eigenvalue weighted by atomic mass is 16.7. The lowest BCUT2D eigenvalue weighted by atomic mass is 9.82. The van der Waals surface area contributed by atoms with Crippen LogP contribution in [-0.2, 0) is 20.7 Å². The molecule has 164 valence electrons. The summed E-state index contributed by atoms with van der Waals surface area (Å²) in [4.78, 5) is 24.6. The van der Waals surface area contributed by atoms with E-state index >= 15 is 0 Å². The second-order valence-corrected chi connectivity index (χ2v) is 7.30. The van der Waals surface area contributed by atoms with Crippen LogP contribution in [0.5, 0.6) is 5.75 Å². The van der Waals surface area contributed by atoms with Crippen molar-refractivity contribution in [2.45, 2.75) is 52.0 Å². The SMILES string of the molecule is CCC(CO)CC(CCO)C(NC(C)=O)C(=O)CCc1ccc(OCOC)cc1. The van der Waals surface area contributed by atoms with Crippen molar-refractivity contribution in [1.82, 2.24) is 5.32 Å². The number of hydrogen-bond acceptors (Lipinski definition) is 6. The Kier molecular flexibility index (Phi) is 12.2. The molecular formula is C22H35NO6. The number of Topliss-reactive ketones (excluding diaryl/α,β-unsaturated/α-hetero) is 1. The monoisotopic (exact) mass is 409 g/mol. The lowest BCUT2D eigenvalue weighted by molar-refractivity contribution is -0.128. The minimum Gasteiger partial charge on any atom is -0.468 e. The number of ether oxygens (including phenoxy) is 2. The summed E-state index contributed by atoms with van der Waals surface area (Å²) in [7, 11) is 1.55. The predicted molar refractivity (Wildman–Crippen MR) is 111 cm³/mol. The van der Waals surface area contributed by atoms with Gasteiger partial charge in [0.05, 0.1) is 6.04 Å². The molecule has 3 atom stereocenters. The molecule has 0 fully saturated rings. The van der Waals surface area contributed by atoms with Crippen LogP contribution in [0.25, 0.3) is 0 Å². The Morgan fingerprint density at radius 1 is 1.17 bits per heavy atom. The smallest absolute Gasteiger partial charge is 0.217 e. The quantitative estimate of drug-likeness (QED) is 0.383. The number of ketones is 1. The van der Waals surface area contributed by atoms with Gasteiger partial charge in [-0.15, -0.1) is 0 Å². The van der Waals surface area contributed by atoms with Gasteiger partial charge in [0.25, 0.3) is 0 Å². The standard InChI is InChI=1S/C22H35NO6/c1-4-17(14-25)13-19(11-12-24)22(23-16(2)26)21(27)10-7-18-5-8-20(9-6-18)29-15-28-3/h5-6,8-9,17,19,22,24-25H,4,7,10-15H2,1-3H3,(H,23,26). The minimum atomic E-state index is -0.662. The summed E-state index contributed by atoms with van der Waals surface area (Å²) in [5, 5.41) is 21.7. The molecule has 1 aromatic carbocycles.